The second-order valence-electron chi connectivity index (χ2n) is 5.80. The van der Waals surface area contributed by atoms with Crippen molar-refractivity contribution in [3.8, 4) is 0 Å². The topological polar surface area (TPSA) is 149 Å². The lowest BCUT2D eigenvalue weighted by Gasteiger charge is -2.45. The molecule has 10 atom stereocenters. The molecule has 136 valence electrons. The lowest BCUT2D eigenvalue weighted by molar-refractivity contribution is -0.336. The van der Waals surface area contributed by atoms with Crippen LogP contribution in [0.4, 0.5) is 4.39 Å². The molecule has 6 N–H and O–H groups in total. The summed E-state index contributed by atoms with van der Waals surface area (Å²) < 4.78 is 29.9. The summed E-state index contributed by atoms with van der Waals surface area (Å²) in [4.78, 5) is 0. The van der Waals surface area contributed by atoms with E-state index in [1.54, 1.807) is 0 Å². The first-order valence-electron chi connectivity index (χ1n) is 7.36. The summed E-state index contributed by atoms with van der Waals surface area (Å²) >= 11 is 0. The molecule has 4 unspecified atom stereocenters. The number of ether oxygens (including phenoxy) is 3. The van der Waals surface area contributed by atoms with E-state index < -0.39 is 74.5 Å². The summed E-state index contributed by atoms with van der Waals surface area (Å²) in [5.41, 5.74) is 0. The van der Waals surface area contributed by atoms with Crippen LogP contribution in [0, 0.1) is 0 Å². The number of rotatable bonds is 4. The van der Waals surface area contributed by atoms with Gasteiger partial charge in [0.15, 0.2) is 12.5 Å². The highest BCUT2D eigenvalue weighted by Crippen LogP contribution is 2.30. The van der Waals surface area contributed by atoms with Gasteiger partial charge >= 0.3 is 0 Å². The second kappa shape index (κ2) is 7.64. The normalized spacial score (nSPS) is 51.7. The minimum absolute atomic E-state index is 0.598. The summed E-state index contributed by atoms with van der Waals surface area (Å²) in [5, 5.41) is 57.4. The smallest absolute Gasteiger partial charge is 0.187 e. The Morgan fingerprint density at radius 3 is 2.04 bits per heavy atom. The molecule has 0 bridgehead atoms. The molecule has 0 aromatic carbocycles. The fourth-order valence-corrected chi connectivity index (χ4v) is 2.74. The molecule has 2 rings (SSSR count). The van der Waals surface area contributed by atoms with Crippen molar-refractivity contribution in [1.82, 2.24) is 0 Å². The van der Waals surface area contributed by atoms with Crippen LogP contribution in [0.2, 0.25) is 0 Å². The average molecular weight is 341 g/mol. The molecule has 2 fully saturated rings. The fraction of sp³-hybridized carbons (Fsp3) is 1.00. The van der Waals surface area contributed by atoms with E-state index in [9.17, 15) is 29.9 Å². The molecule has 9 nitrogen and oxygen atoms in total. The molecule has 0 spiro atoms. The Balaban J connectivity index is 2.11. The second-order valence-corrected chi connectivity index (χ2v) is 5.80. The number of aliphatic hydroxyl groups excluding tert-OH is 6. The molecule has 0 amide bonds. The lowest BCUT2D eigenvalue weighted by atomic mass is 9.95. The molecular formula is C13H23FO9. The minimum atomic E-state index is -1.93. The van der Waals surface area contributed by atoms with E-state index in [1.807, 2.05) is 0 Å². The molecule has 2 aliphatic rings. The number of hydrogen-bond donors (Lipinski definition) is 6. The van der Waals surface area contributed by atoms with Gasteiger partial charge < -0.3 is 44.8 Å². The monoisotopic (exact) mass is 341 g/mol. The van der Waals surface area contributed by atoms with Crippen LogP contribution in [0.1, 0.15) is 6.92 Å². The molecule has 23 heavy (non-hydrogen) atoms. The first-order chi connectivity index (χ1) is 10.8. The standard InChI is InChI=1S/C13H23FO9/c1-4-8(17)7(14)12(6(3-16)21-4)23-13-11(20)10(19)9(18)5(2-15)22-13/h4-13,15-20H,2-3H2,1H3/t4?,5?,6?,7-,8+,9+,10+,11?,12+,13-/m0/s1/i14-1. The molecule has 0 aromatic heterocycles. The van der Waals surface area contributed by atoms with Crippen LogP contribution in [-0.2, 0) is 14.2 Å². The van der Waals surface area contributed by atoms with E-state index in [0.29, 0.717) is 0 Å². The third-order valence-corrected chi connectivity index (χ3v) is 4.20. The Hall–Kier alpha value is -0.430. The zero-order valence-corrected chi connectivity index (χ0v) is 12.5. The van der Waals surface area contributed by atoms with Gasteiger partial charge in [-0.1, -0.05) is 0 Å². The van der Waals surface area contributed by atoms with Crippen molar-refractivity contribution in [2.75, 3.05) is 13.2 Å². The van der Waals surface area contributed by atoms with Gasteiger partial charge in [0.25, 0.3) is 0 Å². The zero-order chi connectivity index (χ0) is 17.3. The van der Waals surface area contributed by atoms with Crippen molar-refractivity contribution in [1.29, 1.82) is 0 Å². The van der Waals surface area contributed by atoms with E-state index in [0.717, 1.165) is 0 Å². The van der Waals surface area contributed by atoms with Crippen molar-refractivity contribution in [2.24, 2.45) is 0 Å². The van der Waals surface area contributed by atoms with Crippen molar-refractivity contribution >= 4 is 0 Å². The van der Waals surface area contributed by atoms with Crippen LogP contribution in [0.3, 0.4) is 0 Å². The first kappa shape index (κ1) is 18.9. The van der Waals surface area contributed by atoms with Gasteiger partial charge in [0.05, 0.1) is 19.3 Å². The third-order valence-electron chi connectivity index (χ3n) is 4.20. The number of halogens is 1. The highest BCUT2D eigenvalue weighted by Gasteiger charge is 2.50. The Labute approximate surface area is 131 Å². The van der Waals surface area contributed by atoms with Crippen LogP contribution < -0.4 is 0 Å². The maximum atomic E-state index is 14.3. The van der Waals surface area contributed by atoms with Crippen LogP contribution in [0.5, 0.6) is 0 Å². The van der Waals surface area contributed by atoms with Crippen LogP contribution >= 0.6 is 0 Å². The summed E-state index contributed by atoms with van der Waals surface area (Å²) in [5.74, 6) is 0. The predicted octanol–water partition coefficient (Wildman–Crippen LogP) is -3.35. The molecular weight excluding hydrogens is 318 g/mol. The summed E-state index contributed by atoms with van der Waals surface area (Å²) in [7, 11) is 0. The molecule has 0 saturated carbocycles. The SMILES string of the molecule is CC1OC(CO)[C@@H](O[C@@H]2OC(CO)[C@@H](O)[C@@H](O)C2O)[C@@H]([18F])[C@@H]1O. The fourth-order valence-electron chi connectivity index (χ4n) is 2.74. The summed E-state index contributed by atoms with van der Waals surface area (Å²) in [6.07, 6.45) is -14.6. The Morgan fingerprint density at radius 1 is 0.870 bits per heavy atom. The van der Waals surface area contributed by atoms with Gasteiger partial charge in [-0.3, -0.25) is 0 Å². The maximum absolute atomic E-state index is 14.3. The van der Waals surface area contributed by atoms with Gasteiger partial charge in [-0.2, -0.15) is 0 Å². The zero-order valence-electron chi connectivity index (χ0n) is 12.5. The molecule has 2 aliphatic heterocycles. The molecule has 10 heteroatoms. The molecule has 0 aromatic rings. The molecule has 2 saturated heterocycles. The van der Waals surface area contributed by atoms with E-state index in [4.69, 9.17) is 19.3 Å². The maximum Gasteiger partial charge on any atom is 0.187 e. The van der Waals surface area contributed by atoms with Crippen LogP contribution in [0.15, 0.2) is 0 Å². The number of alkyl halides is 1. The van der Waals surface area contributed by atoms with Crippen molar-refractivity contribution in [2.45, 2.75) is 68.2 Å². The Morgan fingerprint density at radius 2 is 1.48 bits per heavy atom. The highest BCUT2D eigenvalue weighted by molar-refractivity contribution is 4.94. The van der Waals surface area contributed by atoms with E-state index in [2.05, 4.69) is 0 Å². The quantitative estimate of drug-likeness (QED) is 0.308. The average Bonchev–Trinajstić information content (AvgIpc) is 2.55. The number of aliphatic hydroxyl groups is 6. The first-order valence-corrected chi connectivity index (χ1v) is 7.36. The summed E-state index contributed by atoms with van der Waals surface area (Å²) in [6.45, 7) is 0.178. The molecule has 0 radical (unpaired) electrons. The predicted molar refractivity (Wildman–Crippen MR) is 71.0 cm³/mol. The van der Waals surface area contributed by atoms with Gasteiger partial charge in [-0.05, 0) is 6.92 Å². The lowest BCUT2D eigenvalue weighted by Crippen LogP contribution is -2.63. The molecule has 0 aliphatic carbocycles. The Bertz CT molecular complexity index is 382. The van der Waals surface area contributed by atoms with Gasteiger partial charge in [0, 0.05) is 0 Å². The van der Waals surface area contributed by atoms with Crippen LogP contribution in [0.25, 0.3) is 0 Å². The van der Waals surface area contributed by atoms with Crippen molar-refractivity contribution in [3.63, 3.8) is 0 Å². The molecule has 2 heterocycles. The Kier molecular flexibility index (Phi) is 6.28. The van der Waals surface area contributed by atoms with Crippen LogP contribution in [-0.4, -0.2) is 105 Å². The summed E-state index contributed by atoms with van der Waals surface area (Å²) in [6, 6.07) is 0. The van der Waals surface area contributed by atoms with Gasteiger partial charge in [0.1, 0.15) is 42.7 Å². The highest BCUT2D eigenvalue weighted by atomic mass is 18.2. The van der Waals surface area contributed by atoms with Gasteiger partial charge in [-0.15, -0.1) is 0 Å². The van der Waals surface area contributed by atoms with Crippen molar-refractivity contribution in [3.05, 3.63) is 0 Å². The van der Waals surface area contributed by atoms with Gasteiger partial charge in [0.2, 0.25) is 0 Å². The van der Waals surface area contributed by atoms with Gasteiger partial charge in [-0.25, -0.2) is 4.39 Å². The van der Waals surface area contributed by atoms with Crippen molar-refractivity contribution < 1.29 is 49.2 Å². The van der Waals surface area contributed by atoms with E-state index in [1.165, 1.54) is 6.92 Å². The number of hydrogen-bond acceptors (Lipinski definition) is 9. The largest absolute Gasteiger partial charge is 0.394 e. The van der Waals surface area contributed by atoms with E-state index in [-0.39, 0.29) is 0 Å². The minimum Gasteiger partial charge on any atom is -0.394 e. The third kappa shape index (κ3) is 3.65. The van der Waals surface area contributed by atoms with E-state index >= 15 is 0 Å².